The van der Waals surface area contributed by atoms with E-state index in [1.54, 1.807) is 28.4 Å². The smallest absolute Gasteiger partial charge is 0.329 e. The van der Waals surface area contributed by atoms with Gasteiger partial charge in [-0.25, -0.2) is 4.79 Å². The summed E-state index contributed by atoms with van der Waals surface area (Å²) < 4.78 is 27.1. The van der Waals surface area contributed by atoms with Gasteiger partial charge in [-0.05, 0) is 37.0 Å². The molecule has 1 rings (SSSR count). The van der Waals surface area contributed by atoms with Crippen LogP contribution in [0.3, 0.4) is 0 Å². The van der Waals surface area contributed by atoms with Gasteiger partial charge in [0.25, 0.3) is 0 Å². The minimum atomic E-state index is -0.430. The number of hydrogen-bond donors (Lipinski definition) is 0. The highest BCUT2D eigenvalue weighted by molar-refractivity contribution is 5.80. The summed E-state index contributed by atoms with van der Waals surface area (Å²) in [7, 11) is 6.37. The van der Waals surface area contributed by atoms with Gasteiger partial charge >= 0.3 is 5.97 Å². The first kappa shape index (κ1) is 24.2. The summed E-state index contributed by atoms with van der Waals surface area (Å²) in [5, 5.41) is 0. The van der Waals surface area contributed by atoms with Crippen LogP contribution < -0.4 is 14.2 Å². The number of methoxy groups -OCH3 is 4. The third-order valence-corrected chi connectivity index (χ3v) is 4.38. The molecular formula is C21H35NO6. The van der Waals surface area contributed by atoms with Gasteiger partial charge in [-0.3, -0.25) is 4.90 Å². The summed E-state index contributed by atoms with van der Waals surface area (Å²) in [5.41, 5.74) is 0.953. The standard InChI is InChI=1S/C21H35NO6/c1-15(2)12-17(22(8-10-24-4)9-11-25-5)21(23)28-20-18(26-6)13-16(3)14-19(20)27-7/h13-15,17H,8-12H2,1-7H3. The zero-order valence-electron chi connectivity index (χ0n) is 18.2. The molecule has 28 heavy (non-hydrogen) atoms. The predicted octanol–water partition coefficient (Wildman–Crippen LogP) is 2.93. The molecule has 0 fully saturated rings. The maximum atomic E-state index is 13.2. The lowest BCUT2D eigenvalue weighted by Gasteiger charge is -2.31. The molecule has 7 heteroatoms. The van der Waals surface area contributed by atoms with Crippen molar-refractivity contribution in [3.05, 3.63) is 17.7 Å². The van der Waals surface area contributed by atoms with Crippen LogP contribution in [-0.2, 0) is 14.3 Å². The lowest BCUT2D eigenvalue weighted by molar-refractivity contribution is -0.142. The number of esters is 1. The number of rotatable bonds is 13. The largest absolute Gasteiger partial charge is 0.493 e. The van der Waals surface area contributed by atoms with Crippen LogP contribution in [-0.4, -0.2) is 71.7 Å². The Bertz CT molecular complexity index is 572. The van der Waals surface area contributed by atoms with Crippen LogP contribution in [0.5, 0.6) is 17.2 Å². The summed E-state index contributed by atoms with van der Waals surface area (Å²) >= 11 is 0. The van der Waals surface area contributed by atoms with Crippen LogP contribution in [0, 0.1) is 12.8 Å². The van der Waals surface area contributed by atoms with E-state index in [4.69, 9.17) is 23.7 Å². The lowest BCUT2D eigenvalue weighted by atomic mass is 10.0. The fraction of sp³-hybridized carbons (Fsp3) is 0.667. The Morgan fingerprint density at radius 3 is 1.86 bits per heavy atom. The number of carbonyl (C=O) groups is 1. The minimum Gasteiger partial charge on any atom is -0.493 e. The summed E-state index contributed by atoms with van der Waals surface area (Å²) in [5.74, 6) is 1.20. The van der Waals surface area contributed by atoms with Crippen LogP contribution >= 0.6 is 0 Å². The van der Waals surface area contributed by atoms with Crippen LogP contribution in [0.4, 0.5) is 0 Å². The Morgan fingerprint density at radius 1 is 0.964 bits per heavy atom. The molecule has 0 amide bonds. The Kier molecular flexibility index (Phi) is 10.9. The Labute approximate surface area is 168 Å². The molecule has 0 bridgehead atoms. The van der Waals surface area contributed by atoms with Gasteiger partial charge in [0.15, 0.2) is 11.5 Å². The molecule has 0 aliphatic heterocycles. The van der Waals surface area contributed by atoms with Crippen LogP contribution in [0.15, 0.2) is 12.1 Å². The van der Waals surface area contributed by atoms with E-state index in [0.29, 0.717) is 55.9 Å². The maximum Gasteiger partial charge on any atom is 0.329 e. The topological polar surface area (TPSA) is 66.5 Å². The summed E-state index contributed by atoms with van der Waals surface area (Å²) in [4.78, 5) is 15.2. The molecular weight excluding hydrogens is 362 g/mol. The van der Waals surface area contributed by atoms with Crippen molar-refractivity contribution in [3.8, 4) is 17.2 Å². The molecule has 0 N–H and O–H groups in total. The van der Waals surface area contributed by atoms with Gasteiger partial charge in [-0.15, -0.1) is 0 Å². The zero-order chi connectivity index (χ0) is 21.1. The normalized spacial score (nSPS) is 12.3. The first-order valence-corrected chi connectivity index (χ1v) is 9.54. The van der Waals surface area contributed by atoms with Crippen molar-refractivity contribution in [1.29, 1.82) is 0 Å². The number of ether oxygens (including phenoxy) is 5. The Balaban J connectivity index is 3.16. The van der Waals surface area contributed by atoms with Gasteiger partial charge in [0.1, 0.15) is 6.04 Å². The van der Waals surface area contributed by atoms with E-state index in [0.717, 1.165) is 5.56 Å². The van der Waals surface area contributed by atoms with Gasteiger partial charge in [-0.1, -0.05) is 13.8 Å². The van der Waals surface area contributed by atoms with Crippen molar-refractivity contribution in [2.75, 3.05) is 54.7 Å². The van der Waals surface area contributed by atoms with E-state index < -0.39 is 6.04 Å². The summed E-state index contributed by atoms with van der Waals surface area (Å²) in [6, 6.07) is 3.20. The highest BCUT2D eigenvalue weighted by Crippen LogP contribution is 2.39. The lowest BCUT2D eigenvalue weighted by Crippen LogP contribution is -2.47. The van der Waals surface area contributed by atoms with Crippen molar-refractivity contribution in [2.45, 2.75) is 33.2 Å². The molecule has 0 heterocycles. The third-order valence-electron chi connectivity index (χ3n) is 4.38. The van der Waals surface area contributed by atoms with Gasteiger partial charge in [0.05, 0.1) is 27.4 Å². The molecule has 0 aliphatic carbocycles. The molecule has 1 unspecified atom stereocenters. The molecule has 7 nitrogen and oxygen atoms in total. The van der Waals surface area contributed by atoms with Gasteiger partial charge in [0, 0.05) is 27.3 Å². The predicted molar refractivity (Wildman–Crippen MR) is 108 cm³/mol. The molecule has 1 aromatic carbocycles. The highest BCUT2D eigenvalue weighted by Gasteiger charge is 2.30. The average molecular weight is 398 g/mol. The Hall–Kier alpha value is -1.83. The number of benzene rings is 1. The average Bonchev–Trinajstić information content (AvgIpc) is 2.67. The SMILES string of the molecule is COCCN(CCOC)C(CC(C)C)C(=O)Oc1c(OC)cc(C)cc1OC. The highest BCUT2D eigenvalue weighted by atomic mass is 16.6. The second-order valence-electron chi connectivity index (χ2n) is 7.09. The Morgan fingerprint density at radius 2 is 1.46 bits per heavy atom. The molecule has 0 spiro atoms. The van der Waals surface area contributed by atoms with Crippen molar-refractivity contribution < 1.29 is 28.5 Å². The molecule has 0 aromatic heterocycles. The number of carbonyl (C=O) groups excluding carboxylic acids is 1. The minimum absolute atomic E-state index is 0.299. The van der Waals surface area contributed by atoms with E-state index >= 15 is 0 Å². The molecule has 1 aromatic rings. The molecule has 0 saturated carbocycles. The summed E-state index contributed by atoms with van der Waals surface area (Å²) in [6.45, 7) is 8.33. The van der Waals surface area contributed by atoms with Gasteiger partial charge in [0.2, 0.25) is 5.75 Å². The monoisotopic (exact) mass is 397 g/mol. The fourth-order valence-electron chi connectivity index (χ4n) is 2.96. The van der Waals surface area contributed by atoms with Crippen LogP contribution in [0.2, 0.25) is 0 Å². The first-order chi connectivity index (χ1) is 13.4. The molecule has 0 aliphatic rings. The van der Waals surface area contributed by atoms with Crippen molar-refractivity contribution >= 4 is 5.97 Å². The van der Waals surface area contributed by atoms with E-state index in [1.165, 1.54) is 0 Å². The first-order valence-electron chi connectivity index (χ1n) is 9.54. The molecule has 0 radical (unpaired) electrons. The second kappa shape index (κ2) is 12.6. The quantitative estimate of drug-likeness (QED) is 0.374. The van der Waals surface area contributed by atoms with Crippen molar-refractivity contribution in [2.24, 2.45) is 5.92 Å². The van der Waals surface area contributed by atoms with Gasteiger partial charge < -0.3 is 23.7 Å². The second-order valence-corrected chi connectivity index (χ2v) is 7.09. The molecule has 1 atom stereocenters. The van der Waals surface area contributed by atoms with E-state index in [-0.39, 0.29) is 5.97 Å². The zero-order valence-corrected chi connectivity index (χ0v) is 18.2. The molecule has 0 saturated heterocycles. The van der Waals surface area contributed by atoms with Crippen LogP contribution in [0.25, 0.3) is 0 Å². The number of aryl methyl sites for hydroxylation is 1. The number of nitrogens with zero attached hydrogens (tertiary/aromatic N) is 1. The van der Waals surface area contributed by atoms with Gasteiger partial charge in [-0.2, -0.15) is 0 Å². The fourth-order valence-corrected chi connectivity index (χ4v) is 2.96. The maximum absolute atomic E-state index is 13.2. The summed E-state index contributed by atoms with van der Waals surface area (Å²) in [6.07, 6.45) is 0.656. The van der Waals surface area contributed by atoms with Crippen molar-refractivity contribution in [3.63, 3.8) is 0 Å². The van der Waals surface area contributed by atoms with Crippen molar-refractivity contribution in [1.82, 2.24) is 4.90 Å². The number of hydrogen-bond acceptors (Lipinski definition) is 7. The van der Waals surface area contributed by atoms with E-state index in [2.05, 4.69) is 13.8 Å². The van der Waals surface area contributed by atoms with E-state index in [9.17, 15) is 4.79 Å². The molecule has 160 valence electrons. The van der Waals surface area contributed by atoms with Crippen LogP contribution in [0.1, 0.15) is 25.8 Å². The third kappa shape index (κ3) is 7.30. The van der Waals surface area contributed by atoms with E-state index in [1.807, 2.05) is 24.0 Å².